The van der Waals surface area contributed by atoms with Crippen molar-refractivity contribution in [3.63, 3.8) is 0 Å². The maximum absolute atomic E-state index is 13.0. The topological polar surface area (TPSA) is 36.4 Å². The van der Waals surface area contributed by atoms with Crippen LogP contribution in [0.5, 0.6) is 0 Å². The van der Waals surface area contributed by atoms with Crippen LogP contribution in [-0.2, 0) is 4.79 Å². The Labute approximate surface area is 175 Å². The van der Waals surface area contributed by atoms with Crippen molar-refractivity contribution in [3.05, 3.63) is 64.7 Å². The Kier molecular flexibility index (Phi) is 6.83. The van der Waals surface area contributed by atoms with Crippen LogP contribution in [0, 0.1) is 6.92 Å². The lowest BCUT2D eigenvalue weighted by Crippen LogP contribution is -2.32. The summed E-state index contributed by atoms with van der Waals surface area (Å²) in [7, 11) is 4.06. The number of nitrogens with zero attached hydrogens (tertiary/aromatic N) is 3. The van der Waals surface area contributed by atoms with E-state index in [0.29, 0.717) is 11.6 Å². The minimum absolute atomic E-state index is 0.0876. The van der Waals surface area contributed by atoms with Gasteiger partial charge in [-0.25, -0.2) is 4.98 Å². The minimum atomic E-state index is -0.0876. The van der Waals surface area contributed by atoms with E-state index in [2.05, 4.69) is 4.90 Å². The van der Waals surface area contributed by atoms with Crippen LogP contribution in [0.15, 0.2) is 48.5 Å². The molecule has 0 unspecified atom stereocenters. The van der Waals surface area contributed by atoms with Crippen molar-refractivity contribution >= 4 is 50.3 Å². The van der Waals surface area contributed by atoms with E-state index in [0.717, 1.165) is 39.4 Å². The van der Waals surface area contributed by atoms with Crippen molar-refractivity contribution in [1.82, 2.24) is 9.88 Å². The highest BCUT2D eigenvalue weighted by Crippen LogP contribution is 2.31. The molecule has 1 amide bonds. The van der Waals surface area contributed by atoms with Gasteiger partial charge in [-0.3, -0.25) is 9.69 Å². The van der Waals surface area contributed by atoms with Gasteiger partial charge in [0.1, 0.15) is 0 Å². The number of hydrogen-bond acceptors (Lipinski definition) is 4. The number of benzene rings is 2. The summed E-state index contributed by atoms with van der Waals surface area (Å²) in [5.74, 6) is -0.0876. The van der Waals surface area contributed by atoms with Gasteiger partial charge in [0.25, 0.3) is 5.91 Å². The molecule has 4 nitrogen and oxygen atoms in total. The maximum atomic E-state index is 13.0. The Balaban J connectivity index is 1.88. The second-order valence-corrected chi connectivity index (χ2v) is 8.34. The van der Waals surface area contributed by atoms with Crippen LogP contribution in [0.25, 0.3) is 16.3 Å². The molecular formula is C22H24ClN3OS. The molecule has 0 N–H and O–H groups in total. The van der Waals surface area contributed by atoms with E-state index in [-0.39, 0.29) is 5.91 Å². The van der Waals surface area contributed by atoms with Crippen LogP contribution in [0.3, 0.4) is 0 Å². The Morgan fingerprint density at radius 1 is 1.14 bits per heavy atom. The number of amides is 1. The zero-order chi connectivity index (χ0) is 20.1. The number of aryl methyl sites for hydroxylation is 1. The summed E-state index contributed by atoms with van der Waals surface area (Å²) in [6, 6.07) is 13.6. The minimum Gasteiger partial charge on any atom is -0.309 e. The lowest BCUT2D eigenvalue weighted by Gasteiger charge is -2.19. The van der Waals surface area contributed by atoms with Gasteiger partial charge in [-0.15, -0.1) is 0 Å². The van der Waals surface area contributed by atoms with Gasteiger partial charge in [0, 0.05) is 17.6 Å². The molecule has 0 saturated carbocycles. The highest BCUT2D eigenvalue weighted by atomic mass is 35.5. The summed E-state index contributed by atoms with van der Waals surface area (Å²) in [6.45, 7) is 3.56. The number of para-hydroxylation sites is 1. The molecule has 1 aromatic heterocycles. The van der Waals surface area contributed by atoms with Gasteiger partial charge in [0.05, 0.1) is 10.2 Å². The molecule has 0 atom stereocenters. The quantitative estimate of drug-likeness (QED) is 0.496. The van der Waals surface area contributed by atoms with Crippen molar-refractivity contribution in [3.8, 4) is 0 Å². The van der Waals surface area contributed by atoms with Gasteiger partial charge >= 0.3 is 0 Å². The van der Waals surface area contributed by atoms with Crippen molar-refractivity contribution in [2.24, 2.45) is 0 Å². The molecule has 0 aliphatic carbocycles. The molecule has 0 saturated heterocycles. The van der Waals surface area contributed by atoms with Crippen LogP contribution in [-0.4, -0.2) is 43.0 Å². The predicted molar refractivity (Wildman–Crippen MR) is 120 cm³/mol. The Morgan fingerprint density at radius 3 is 2.64 bits per heavy atom. The molecular weight excluding hydrogens is 390 g/mol. The number of anilines is 1. The number of fused-ring (bicyclic) bond motifs is 1. The van der Waals surface area contributed by atoms with Crippen molar-refractivity contribution in [1.29, 1.82) is 0 Å². The smallest absolute Gasteiger partial charge is 0.252 e. The summed E-state index contributed by atoms with van der Waals surface area (Å²) in [5, 5.41) is 1.36. The number of carbonyl (C=O) groups is 1. The SMILES string of the molecule is Cc1cccc2sc(N(CCCN(C)C)C(=O)/C=C/c3ccccc3Cl)nc12. The van der Waals surface area contributed by atoms with E-state index >= 15 is 0 Å². The monoisotopic (exact) mass is 413 g/mol. The van der Waals surface area contributed by atoms with E-state index in [1.54, 1.807) is 28.4 Å². The first-order valence-electron chi connectivity index (χ1n) is 9.20. The predicted octanol–water partition coefficient (Wildman–Crippen LogP) is 5.26. The fraction of sp³-hybridized carbons (Fsp3) is 0.273. The van der Waals surface area contributed by atoms with Crippen molar-refractivity contribution in [2.45, 2.75) is 13.3 Å². The second kappa shape index (κ2) is 9.32. The molecule has 0 aliphatic rings. The molecule has 3 aromatic rings. The van der Waals surface area contributed by atoms with Crippen LogP contribution < -0.4 is 4.90 Å². The largest absolute Gasteiger partial charge is 0.309 e. The molecule has 3 rings (SSSR count). The number of aromatic nitrogens is 1. The number of hydrogen-bond donors (Lipinski definition) is 0. The van der Waals surface area contributed by atoms with Crippen LogP contribution >= 0.6 is 22.9 Å². The number of thiazole rings is 1. The molecule has 6 heteroatoms. The summed E-state index contributed by atoms with van der Waals surface area (Å²) >= 11 is 7.75. The van der Waals surface area contributed by atoms with Gasteiger partial charge in [-0.1, -0.05) is 53.3 Å². The normalized spacial score (nSPS) is 11.6. The standard InChI is InChI=1S/C22H24ClN3OS/c1-16-8-6-11-19-21(16)24-22(28-19)26(15-7-14-25(2)3)20(27)13-12-17-9-4-5-10-18(17)23/h4-6,8-13H,7,14-15H2,1-3H3/b13-12+. The molecule has 28 heavy (non-hydrogen) atoms. The Hall–Kier alpha value is -2.21. The van der Waals surface area contributed by atoms with Gasteiger partial charge in [0.15, 0.2) is 5.13 Å². The third kappa shape index (κ3) is 4.98. The third-order valence-corrected chi connectivity index (χ3v) is 5.79. The fourth-order valence-corrected chi connectivity index (χ4v) is 4.17. The molecule has 1 heterocycles. The lowest BCUT2D eigenvalue weighted by atomic mass is 10.2. The first-order chi connectivity index (χ1) is 13.5. The summed E-state index contributed by atoms with van der Waals surface area (Å²) < 4.78 is 1.09. The average molecular weight is 414 g/mol. The fourth-order valence-electron chi connectivity index (χ4n) is 2.90. The molecule has 0 fully saturated rings. The van der Waals surface area contributed by atoms with Crippen LogP contribution in [0.4, 0.5) is 5.13 Å². The van der Waals surface area contributed by atoms with Gasteiger partial charge in [-0.2, -0.15) is 0 Å². The van der Waals surface area contributed by atoms with E-state index in [1.807, 2.05) is 63.5 Å². The zero-order valence-electron chi connectivity index (χ0n) is 16.4. The molecule has 0 bridgehead atoms. The lowest BCUT2D eigenvalue weighted by molar-refractivity contribution is -0.114. The van der Waals surface area contributed by atoms with Gasteiger partial charge in [0.2, 0.25) is 0 Å². The Morgan fingerprint density at radius 2 is 1.93 bits per heavy atom. The highest BCUT2D eigenvalue weighted by molar-refractivity contribution is 7.22. The first-order valence-corrected chi connectivity index (χ1v) is 10.4. The van der Waals surface area contributed by atoms with Crippen LogP contribution in [0.1, 0.15) is 17.5 Å². The summed E-state index contributed by atoms with van der Waals surface area (Å²) in [5.41, 5.74) is 2.90. The zero-order valence-corrected chi connectivity index (χ0v) is 17.9. The number of halogens is 1. The van der Waals surface area contributed by atoms with E-state index in [4.69, 9.17) is 16.6 Å². The number of carbonyl (C=O) groups excluding carboxylic acids is 1. The third-order valence-electron chi connectivity index (χ3n) is 4.40. The molecule has 0 aliphatic heterocycles. The highest BCUT2D eigenvalue weighted by Gasteiger charge is 2.18. The second-order valence-electron chi connectivity index (χ2n) is 6.92. The molecule has 0 radical (unpaired) electrons. The van der Waals surface area contributed by atoms with Gasteiger partial charge < -0.3 is 4.90 Å². The summed E-state index contributed by atoms with van der Waals surface area (Å²) in [6.07, 6.45) is 4.21. The Bertz CT molecular complexity index is 996. The molecule has 0 spiro atoms. The van der Waals surface area contributed by atoms with Crippen molar-refractivity contribution in [2.75, 3.05) is 32.1 Å². The summed E-state index contributed by atoms with van der Waals surface area (Å²) in [4.78, 5) is 21.6. The van der Waals surface area contributed by atoms with Gasteiger partial charge in [-0.05, 0) is 63.3 Å². The van der Waals surface area contributed by atoms with E-state index < -0.39 is 0 Å². The molecule has 2 aromatic carbocycles. The maximum Gasteiger partial charge on any atom is 0.252 e. The number of rotatable bonds is 7. The van der Waals surface area contributed by atoms with E-state index in [9.17, 15) is 4.79 Å². The average Bonchev–Trinajstić information content (AvgIpc) is 3.09. The first kappa shape index (κ1) is 20.5. The van der Waals surface area contributed by atoms with E-state index in [1.165, 1.54) is 0 Å². The van der Waals surface area contributed by atoms with Crippen LogP contribution in [0.2, 0.25) is 5.02 Å². The molecule has 146 valence electrons. The van der Waals surface area contributed by atoms with Crippen molar-refractivity contribution < 1.29 is 4.79 Å².